The van der Waals surface area contributed by atoms with Crippen LogP contribution in [0, 0.1) is 18.3 Å². The van der Waals surface area contributed by atoms with Gasteiger partial charge in [0.2, 0.25) is 0 Å². The minimum Gasteiger partial charge on any atom is -0.327 e. The molecule has 114 valence electrons. The Morgan fingerprint density at radius 2 is 1.78 bits per heavy atom. The summed E-state index contributed by atoms with van der Waals surface area (Å²) in [6.45, 7) is 2.01. The Morgan fingerprint density at radius 1 is 1.13 bits per heavy atom. The minimum absolute atomic E-state index is 0.0144. The maximum atomic E-state index is 12.2. The number of rotatable bonds is 2. The summed E-state index contributed by atoms with van der Waals surface area (Å²) in [7, 11) is 0. The molecule has 1 aliphatic rings. The monoisotopic (exact) mass is 321 g/mol. The van der Waals surface area contributed by atoms with Crippen LogP contribution in [0.15, 0.2) is 65.2 Å². The van der Waals surface area contributed by atoms with Crippen LogP contribution in [-0.4, -0.2) is 5.91 Å². The van der Waals surface area contributed by atoms with E-state index < -0.39 is 12.1 Å². The van der Waals surface area contributed by atoms with Crippen LogP contribution in [0.2, 0.25) is 0 Å². The minimum atomic E-state index is -0.407. The number of nitrogens with zero attached hydrogens (tertiary/aromatic N) is 2. The Bertz CT molecular complexity index is 806. The van der Waals surface area contributed by atoms with Crippen molar-refractivity contribution in [3.63, 3.8) is 0 Å². The lowest BCUT2D eigenvalue weighted by atomic mass is 10.1. The molecule has 2 aromatic rings. The van der Waals surface area contributed by atoms with E-state index in [1.165, 1.54) is 0 Å². The number of anilines is 1. The summed E-state index contributed by atoms with van der Waals surface area (Å²) in [6, 6.07) is 19.4. The lowest BCUT2D eigenvalue weighted by Crippen LogP contribution is -2.46. The lowest BCUT2D eigenvalue weighted by molar-refractivity contribution is -0.118. The van der Waals surface area contributed by atoms with Crippen LogP contribution < -0.4 is 10.2 Å². The quantitative estimate of drug-likeness (QED) is 0.835. The predicted molar refractivity (Wildman–Crippen MR) is 92.6 cm³/mol. The summed E-state index contributed by atoms with van der Waals surface area (Å²) < 4.78 is 0. The first-order valence-electron chi connectivity index (χ1n) is 7.17. The molecule has 0 aromatic heterocycles. The van der Waals surface area contributed by atoms with Gasteiger partial charge in [-0.15, -0.1) is 12.6 Å². The Hall–Kier alpha value is -2.71. The van der Waals surface area contributed by atoms with Crippen LogP contribution in [0.4, 0.5) is 5.69 Å². The van der Waals surface area contributed by atoms with Crippen molar-refractivity contribution in [3.05, 3.63) is 76.3 Å². The highest BCUT2D eigenvalue weighted by molar-refractivity contribution is 7.84. The highest BCUT2D eigenvalue weighted by atomic mass is 32.1. The Kier molecular flexibility index (Phi) is 4.09. The van der Waals surface area contributed by atoms with E-state index in [-0.39, 0.29) is 5.57 Å². The van der Waals surface area contributed by atoms with Gasteiger partial charge in [0.15, 0.2) is 0 Å². The third kappa shape index (κ3) is 2.81. The Balaban J connectivity index is 2.14. The molecule has 0 bridgehead atoms. The molecule has 0 unspecified atom stereocenters. The molecule has 0 saturated heterocycles. The standard InChI is InChI=1S/C18H15N3OS/c1-12-7-9-13(10-8-12)16-20-17(22)15(11-19)18(23)21(16)14-5-3-2-4-6-14/h2-10,16,23H,1H3,(H,20,22)/t16-/m1/s1. The molecular weight excluding hydrogens is 306 g/mol. The number of amides is 1. The number of nitriles is 1. The maximum Gasteiger partial charge on any atom is 0.266 e. The molecule has 1 atom stereocenters. The van der Waals surface area contributed by atoms with Crippen molar-refractivity contribution >= 4 is 24.2 Å². The first kappa shape index (κ1) is 15.2. The van der Waals surface area contributed by atoms with E-state index in [1.807, 2.05) is 72.5 Å². The number of hydrogen-bond donors (Lipinski definition) is 2. The zero-order chi connectivity index (χ0) is 16.4. The predicted octanol–water partition coefficient (Wildman–Crippen LogP) is 3.30. The molecule has 23 heavy (non-hydrogen) atoms. The molecule has 0 radical (unpaired) electrons. The maximum absolute atomic E-state index is 12.2. The van der Waals surface area contributed by atoms with Gasteiger partial charge in [0, 0.05) is 5.69 Å². The zero-order valence-corrected chi connectivity index (χ0v) is 13.4. The van der Waals surface area contributed by atoms with Gasteiger partial charge in [0.25, 0.3) is 5.91 Å². The number of carbonyl (C=O) groups excluding carboxylic acids is 1. The largest absolute Gasteiger partial charge is 0.327 e. The second-order valence-corrected chi connectivity index (χ2v) is 5.73. The molecule has 1 aliphatic heterocycles. The molecule has 1 heterocycles. The van der Waals surface area contributed by atoms with Gasteiger partial charge < -0.3 is 10.2 Å². The summed E-state index contributed by atoms with van der Waals surface area (Å²) in [5.74, 6) is -0.407. The van der Waals surface area contributed by atoms with E-state index in [9.17, 15) is 10.1 Å². The van der Waals surface area contributed by atoms with Crippen molar-refractivity contribution in [1.29, 1.82) is 5.26 Å². The molecule has 0 fully saturated rings. The number of hydrogen-bond acceptors (Lipinski definition) is 4. The van der Waals surface area contributed by atoms with Gasteiger partial charge in [-0.25, -0.2) is 0 Å². The molecular formula is C18H15N3OS. The molecule has 4 nitrogen and oxygen atoms in total. The first-order valence-corrected chi connectivity index (χ1v) is 7.61. The molecule has 0 saturated carbocycles. The normalized spacial score (nSPS) is 17.7. The summed E-state index contributed by atoms with van der Waals surface area (Å²) in [5, 5.41) is 12.5. The number of thiol groups is 1. The van der Waals surface area contributed by atoms with Crippen LogP contribution in [0.25, 0.3) is 0 Å². The van der Waals surface area contributed by atoms with Gasteiger partial charge >= 0.3 is 0 Å². The molecule has 0 spiro atoms. The Labute approximate surface area is 140 Å². The Morgan fingerprint density at radius 3 is 2.39 bits per heavy atom. The van der Waals surface area contributed by atoms with E-state index >= 15 is 0 Å². The molecule has 2 aromatic carbocycles. The van der Waals surface area contributed by atoms with E-state index in [1.54, 1.807) is 0 Å². The third-order valence-corrected chi connectivity index (χ3v) is 4.18. The van der Waals surface area contributed by atoms with Crippen LogP contribution in [0.3, 0.4) is 0 Å². The molecule has 3 rings (SSSR count). The van der Waals surface area contributed by atoms with Gasteiger partial charge in [0.1, 0.15) is 17.8 Å². The summed E-state index contributed by atoms with van der Waals surface area (Å²) in [5.41, 5.74) is 2.94. The zero-order valence-electron chi connectivity index (χ0n) is 12.5. The van der Waals surface area contributed by atoms with E-state index in [0.29, 0.717) is 5.03 Å². The van der Waals surface area contributed by atoms with Crippen LogP contribution >= 0.6 is 12.6 Å². The second kappa shape index (κ2) is 6.19. The number of benzene rings is 2. The van der Waals surface area contributed by atoms with E-state index in [0.717, 1.165) is 16.8 Å². The van der Waals surface area contributed by atoms with Gasteiger partial charge in [-0.3, -0.25) is 4.79 Å². The summed E-state index contributed by atoms with van der Waals surface area (Å²) in [6.07, 6.45) is -0.407. The van der Waals surface area contributed by atoms with Crippen molar-refractivity contribution in [1.82, 2.24) is 5.32 Å². The average molecular weight is 321 g/mol. The second-order valence-electron chi connectivity index (χ2n) is 5.30. The van der Waals surface area contributed by atoms with Gasteiger partial charge in [-0.1, -0.05) is 48.0 Å². The number of aryl methyl sites for hydroxylation is 1. The van der Waals surface area contributed by atoms with Crippen LogP contribution in [0.1, 0.15) is 17.3 Å². The fraction of sp³-hybridized carbons (Fsp3) is 0.111. The van der Waals surface area contributed by atoms with E-state index in [4.69, 9.17) is 0 Å². The fourth-order valence-corrected chi connectivity index (χ4v) is 2.93. The number of para-hydroxylation sites is 1. The van der Waals surface area contributed by atoms with Crippen molar-refractivity contribution in [2.45, 2.75) is 13.1 Å². The number of nitrogens with one attached hydrogen (secondary N) is 1. The highest BCUT2D eigenvalue weighted by Gasteiger charge is 2.33. The van der Waals surface area contributed by atoms with Crippen LogP contribution in [0.5, 0.6) is 0 Å². The molecule has 0 aliphatic carbocycles. The smallest absolute Gasteiger partial charge is 0.266 e. The van der Waals surface area contributed by atoms with Crippen molar-refractivity contribution in [2.24, 2.45) is 0 Å². The van der Waals surface area contributed by atoms with Crippen molar-refractivity contribution in [3.8, 4) is 6.07 Å². The molecule has 1 amide bonds. The highest BCUT2D eigenvalue weighted by Crippen LogP contribution is 2.35. The van der Waals surface area contributed by atoms with Gasteiger partial charge in [0.05, 0.1) is 5.03 Å². The van der Waals surface area contributed by atoms with Crippen molar-refractivity contribution < 1.29 is 4.79 Å². The molecule has 5 heteroatoms. The fourth-order valence-electron chi connectivity index (χ4n) is 2.55. The van der Waals surface area contributed by atoms with Crippen molar-refractivity contribution in [2.75, 3.05) is 4.90 Å². The SMILES string of the molecule is Cc1ccc([C@@H]2NC(=O)C(C#N)=C(S)N2c2ccccc2)cc1. The van der Waals surface area contributed by atoms with E-state index in [2.05, 4.69) is 17.9 Å². The first-order chi connectivity index (χ1) is 11.1. The number of carbonyl (C=O) groups is 1. The average Bonchev–Trinajstić information content (AvgIpc) is 2.56. The third-order valence-electron chi connectivity index (χ3n) is 3.74. The van der Waals surface area contributed by atoms with Gasteiger partial charge in [-0.2, -0.15) is 5.26 Å². The molecule has 1 N–H and O–H groups in total. The summed E-state index contributed by atoms with van der Waals surface area (Å²) in [4.78, 5) is 14.1. The van der Waals surface area contributed by atoms with Crippen LogP contribution in [-0.2, 0) is 4.79 Å². The topological polar surface area (TPSA) is 56.1 Å². The summed E-state index contributed by atoms with van der Waals surface area (Å²) >= 11 is 4.45. The lowest BCUT2D eigenvalue weighted by Gasteiger charge is -2.38. The van der Waals surface area contributed by atoms with Gasteiger partial charge in [-0.05, 0) is 24.6 Å².